The van der Waals surface area contributed by atoms with Crippen LogP contribution in [0.3, 0.4) is 0 Å². The third-order valence-electron chi connectivity index (χ3n) is 5.16. The number of rotatable bonds is 8. The van der Waals surface area contributed by atoms with Crippen molar-refractivity contribution in [2.45, 2.75) is 27.3 Å². The smallest absolute Gasteiger partial charge is 0.278 e. The van der Waals surface area contributed by atoms with E-state index in [1.807, 2.05) is 38.1 Å². The van der Waals surface area contributed by atoms with Gasteiger partial charge in [-0.05, 0) is 57.2 Å². The first-order valence-electron chi connectivity index (χ1n) is 10.5. The summed E-state index contributed by atoms with van der Waals surface area (Å²) in [6, 6.07) is 14.7. The molecule has 0 aliphatic heterocycles. The van der Waals surface area contributed by atoms with E-state index in [-0.39, 0.29) is 11.6 Å². The SMILES string of the molecule is CCOc1ccccc1-c1nc(Cn2nnc(C(=O)Nc3ccc(OC)cc3)c2C)c(C)o1. The Morgan fingerprint density at radius 3 is 2.61 bits per heavy atom. The van der Waals surface area contributed by atoms with Crippen molar-refractivity contribution >= 4 is 11.6 Å². The Morgan fingerprint density at radius 1 is 1.12 bits per heavy atom. The molecule has 0 spiro atoms. The van der Waals surface area contributed by atoms with E-state index in [4.69, 9.17) is 13.9 Å². The number of benzene rings is 2. The summed E-state index contributed by atoms with van der Waals surface area (Å²) in [5.74, 6) is 2.22. The van der Waals surface area contributed by atoms with Crippen molar-refractivity contribution < 1.29 is 18.7 Å². The first-order chi connectivity index (χ1) is 16.0. The van der Waals surface area contributed by atoms with Crippen molar-refractivity contribution in [2.24, 2.45) is 0 Å². The van der Waals surface area contributed by atoms with Crippen LogP contribution < -0.4 is 14.8 Å². The molecule has 2 heterocycles. The maximum atomic E-state index is 12.7. The van der Waals surface area contributed by atoms with Gasteiger partial charge in [-0.2, -0.15) is 0 Å². The van der Waals surface area contributed by atoms with Crippen LogP contribution in [0.2, 0.25) is 0 Å². The number of hydrogen-bond donors (Lipinski definition) is 1. The molecule has 0 bridgehead atoms. The number of carbonyl (C=O) groups is 1. The lowest BCUT2D eigenvalue weighted by molar-refractivity contribution is 0.102. The van der Waals surface area contributed by atoms with E-state index in [0.29, 0.717) is 53.4 Å². The fourth-order valence-corrected chi connectivity index (χ4v) is 3.34. The number of aryl methyl sites for hydroxylation is 1. The molecule has 1 N–H and O–H groups in total. The molecule has 9 heteroatoms. The molecule has 1 amide bonds. The molecule has 0 unspecified atom stereocenters. The van der Waals surface area contributed by atoms with Gasteiger partial charge >= 0.3 is 0 Å². The van der Waals surface area contributed by atoms with E-state index < -0.39 is 0 Å². The average Bonchev–Trinajstić information content (AvgIpc) is 3.37. The average molecular weight is 447 g/mol. The normalized spacial score (nSPS) is 10.8. The Kier molecular flexibility index (Phi) is 6.39. The molecule has 170 valence electrons. The molecule has 4 rings (SSSR count). The fraction of sp³-hybridized carbons (Fsp3) is 0.250. The second kappa shape index (κ2) is 9.56. The van der Waals surface area contributed by atoms with Gasteiger partial charge in [-0.15, -0.1) is 5.10 Å². The van der Waals surface area contributed by atoms with Crippen molar-refractivity contribution in [1.82, 2.24) is 20.0 Å². The lowest BCUT2D eigenvalue weighted by Gasteiger charge is -2.06. The summed E-state index contributed by atoms with van der Waals surface area (Å²) < 4.78 is 18.4. The number of oxazole rings is 1. The summed E-state index contributed by atoms with van der Waals surface area (Å²) in [5, 5.41) is 11.0. The second-order valence-corrected chi connectivity index (χ2v) is 7.31. The summed E-state index contributed by atoms with van der Waals surface area (Å²) in [6.07, 6.45) is 0. The number of anilines is 1. The number of aromatic nitrogens is 4. The van der Waals surface area contributed by atoms with Crippen LogP contribution in [0.25, 0.3) is 11.5 Å². The van der Waals surface area contributed by atoms with E-state index in [9.17, 15) is 4.79 Å². The van der Waals surface area contributed by atoms with Gasteiger partial charge in [0.15, 0.2) is 5.69 Å². The van der Waals surface area contributed by atoms with Crippen molar-refractivity contribution in [1.29, 1.82) is 0 Å². The predicted octanol–water partition coefficient (Wildman–Crippen LogP) is 4.26. The summed E-state index contributed by atoms with van der Waals surface area (Å²) in [4.78, 5) is 17.4. The van der Waals surface area contributed by atoms with Crippen LogP contribution in [0.15, 0.2) is 52.9 Å². The van der Waals surface area contributed by atoms with Crippen molar-refractivity contribution in [2.75, 3.05) is 19.0 Å². The molecule has 0 atom stereocenters. The molecule has 2 aromatic carbocycles. The third-order valence-corrected chi connectivity index (χ3v) is 5.16. The molecule has 2 aromatic heterocycles. The van der Waals surface area contributed by atoms with Crippen LogP contribution in [0.1, 0.15) is 34.6 Å². The van der Waals surface area contributed by atoms with Gasteiger partial charge < -0.3 is 19.2 Å². The molecule has 0 fully saturated rings. The van der Waals surface area contributed by atoms with Gasteiger partial charge in [0.2, 0.25) is 5.89 Å². The topological polar surface area (TPSA) is 104 Å². The molecular weight excluding hydrogens is 422 g/mol. The minimum Gasteiger partial charge on any atom is -0.497 e. The van der Waals surface area contributed by atoms with Crippen molar-refractivity contribution in [3.8, 4) is 23.0 Å². The molecule has 33 heavy (non-hydrogen) atoms. The number of hydrogen-bond acceptors (Lipinski definition) is 7. The lowest BCUT2D eigenvalue weighted by atomic mass is 10.2. The molecule has 9 nitrogen and oxygen atoms in total. The Bertz CT molecular complexity index is 1260. The Balaban J connectivity index is 1.52. The highest BCUT2D eigenvalue weighted by Gasteiger charge is 2.20. The van der Waals surface area contributed by atoms with Gasteiger partial charge in [-0.25, -0.2) is 9.67 Å². The molecule has 0 aliphatic rings. The van der Waals surface area contributed by atoms with Crippen LogP contribution in [-0.2, 0) is 6.54 Å². The summed E-state index contributed by atoms with van der Waals surface area (Å²) in [7, 11) is 1.59. The zero-order valence-electron chi connectivity index (χ0n) is 19.0. The molecule has 0 aliphatic carbocycles. The molecule has 0 saturated carbocycles. The zero-order chi connectivity index (χ0) is 23.4. The maximum absolute atomic E-state index is 12.7. The summed E-state index contributed by atoms with van der Waals surface area (Å²) >= 11 is 0. The van der Waals surface area contributed by atoms with E-state index >= 15 is 0 Å². The van der Waals surface area contributed by atoms with Crippen LogP contribution in [0, 0.1) is 13.8 Å². The van der Waals surface area contributed by atoms with Gasteiger partial charge in [0.1, 0.15) is 23.0 Å². The van der Waals surface area contributed by atoms with Crippen molar-refractivity contribution in [3.63, 3.8) is 0 Å². The first-order valence-corrected chi connectivity index (χ1v) is 10.5. The van der Waals surface area contributed by atoms with Crippen LogP contribution >= 0.6 is 0 Å². The summed E-state index contributed by atoms with van der Waals surface area (Å²) in [6.45, 7) is 6.44. The van der Waals surface area contributed by atoms with Crippen LogP contribution in [0.5, 0.6) is 11.5 Å². The lowest BCUT2D eigenvalue weighted by Crippen LogP contribution is -2.14. The van der Waals surface area contributed by atoms with E-state index in [1.54, 1.807) is 43.0 Å². The molecule has 4 aromatic rings. The minimum absolute atomic E-state index is 0.244. The molecule has 0 radical (unpaired) electrons. The van der Waals surface area contributed by atoms with Crippen molar-refractivity contribution in [3.05, 3.63) is 71.4 Å². The number of amides is 1. The fourth-order valence-electron chi connectivity index (χ4n) is 3.34. The number of ether oxygens (including phenoxy) is 2. The molecule has 0 saturated heterocycles. The third kappa shape index (κ3) is 4.72. The first kappa shape index (κ1) is 22.1. The van der Waals surface area contributed by atoms with Gasteiger partial charge in [-0.3, -0.25) is 4.79 Å². The number of para-hydroxylation sites is 1. The van der Waals surface area contributed by atoms with Crippen LogP contribution in [-0.4, -0.2) is 39.6 Å². The highest BCUT2D eigenvalue weighted by atomic mass is 16.5. The van der Waals surface area contributed by atoms with Gasteiger partial charge in [0.05, 0.1) is 31.5 Å². The molecular formula is C24H25N5O4. The number of nitrogens with one attached hydrogen (secondary N) is 1. The highest BCUT2D eigenvalue weighted by Crippen LogP contribution is 2.30. The number of carbonyl (C=O) groups excluding carboxylic acids is 1. The number of methoxy groups -OCH3 is 1. The van der Waals surface area contributed by atoms with E-state index in [1.165, 1.54) is 0 Å². The highest BCUT2D eigenvalue weighted by molar-refractivity contribution is 6.03. The van der Waals surface area contributed by atoms with E-state index in [0.717, 1.165) is 5.56 Å². The van der Waals surface area contributed by atoms with Crippen LogP contribution in [0.4, 0.5) is 5.69 Å². The quantitative estimate of drug-likeness (QED) is 0.430. The Hall–Kier alpha value is -4.14. The van der Waals surface area contributed by atoms with E-state index in [2.05, 4.69) is 20.6 Å². The Labute approximate surface area is 191 Å². The standard InChI is InChI=1S/C24H25N5O4/c1-5-32-21-9-7-6-8-19(21)24-26-20(16(3)33-24)14-29-15(2)22(27-28-29)23(30)25-17-10-12-18(31-4)13-11-17/h6-13H,5,14H2,1-4H3,(H,25,30). The second-order valence-electron chi connectivity index (χ2n) is 7.31. The van der Waals surface area contributed by atoms with Gasteiger partial charge in [0.25, 0.3) is 5.91 Å². The summed E-state index contributed by atoms with van der Waals surface area (Å²) in [5.41, 5.74) is 2.99. The Morgan fingerprint density at radius 2 is 1.88 bits per heavy atom. The van der Waals surface area contributed by atoms with Gasteiger partial charge in [0, 0.05) is 5.69 Å². The minimum atomic E-state index is -0.341. The number of nitrogens with zero attached hydrogens (tertiary/aromatic N) is 4. The predicted molar refractivity (Wildman–Crippen MR) is 123 cm³/mol. The monoisotopic (exact) mass is 447 g/mol. The van der Waals surface area contributed by atoms with Gasteiger partial charge in [-0.1, -0.05) is 17.3 Å². The largest absolute Gasteiger partial charge is 0.497 e. The maximum Gasteiger partial charge on any atom is 0.278 e. The zero-order valence-corrected chi connectivity index (χ0v) is 19.0.